The van der Waals surface area contributed by atoms with Crippen LogP contribution in [0, 0.1) is 5.82 Å². The molecule has 0 aliphatic carbocycles. The van der Waals surface area contributed by atoms with E-state index in [1.165, 1.54) is 12.1 Å². The molecule has 0 amide bonds. The van der Waals surface area contributed by atoms with Crippen molar-refractivity contribution in [2.24, 2.45) is 0 Å². The minimum Gasteiger partial charge on any atom is -0.489 e. The Morgan fingerprint density at radius 2 is 1.79 bits per heavy atom. The maximum atomic E-state index is 13.2. The topological polar surface area (TPSA) is 49.7 Å². The summed E-state index contributed by atoms with van der Waals surface area (Å²) in [6, 6.07) is 10.8. The molecule has 0 aliphatic heterocycles. The minimum atomic E-state index is -1.49. The molecule has 0 heterocycles. The van der Waals surface area contributed by atoms with E-state index in [1.54, 1.807) is 30.3 Å². The summed E-state index contributed by atoms with van der Waals surface area (Å²) < 4.78 is 18.6. The summed E-state index contributed by atoms with van der Waals surface area (Å²) >= 11 is 5.57. The molecule has 0 aromatic heterocycles. The van der Waals surface area contributed by atoms with Crippen LogP contribution in [0.3, 0.4) is 0 Å². The molecule has 2 aromatic rings. The number of halogens is 2. The summed E-state index contributed by atoms with van der Waals surface area (Å²) in [6.07, 6.45) is 0. The monoisotopic (exact) mass is 280 g/mol. The smallest absolute Gasteiger partial charge is 0.488 e. The van der Waals surface area contributed by atoms with Gasteiger partial charge >= 0.3 is 7.12 Å². The van der Waals surface area contributed by atoms with E-state index in [-0.39, 0.29) is 11.6 Å². The lowest BCUT2D eigenvalue weighted by atomic mass is 9.80. The van der Waals surface area contributed by atoms with E-state index in [2.05, 4.69) is 0 Å². The molecule has 2 aromatic carbocycles. The molecule has 98 valence electrons. The first-order chi connectivity index (χ1) is 9.06. The van der Waals surface area contributed by atoms with Crippen molar-refractivity contribution in [2.45, 2.75) is 6.61 Å². The summed E-state index contributed by atoms with van der Waals surface area (Å²) in [6.45, 7) is 0.253. The fourth-order valence-electron chi connectivity index (χ4n) is 1.52. The van der Waals surface area contributed by atoms with Gasteiger partial charge in [0.15, 0.2) is 0 Å². The van der Waals surface area contributed by atoms with Gasteiger partial charge < -0.3 is 14.8 Å². The highest BCUT2D eigenvalue weighted by Gasteiger charge is 2.09. The number of benzene rings is 2. The van der Waals surface area contributed by atoms with E-state index in [0.29, 0.717) is 11.2 Å². The van der Waals surface area contributed by atoms with Gasteiger partial charge in [-0.15, -0.1) is 0 Å². The Kier molecular flexibility index (Phi) is 4.42. The predicted molar refractivity (Wildman–Crippen MR) is 72.0 cm³/mol. The SMILES string of the molecule is OB(O)c1ccc(COc2ccc(Cl)c(F)c2)cc1. The molecule has 2 rings (SSSR count). The summed E-state index contributed by atoms with van der Waals surface area (Å²) in [5.41, 5.74) is 1.24. The zero-order valence-corrected chi connectivity index (χ0v) is 10.6. The number of hydrogen-bond acceptors (Lipinski definition) is 3. The summed E-state index contributed by atoms with van der Waals surface area (Å²) in [4.78, 5) is 0. The zero-order valence-electron chi connectivity index (χ0n) is 9.88. The van der Waals surface area contributed by atoms with Gasteiger partial charge in [0.25, 0.3) is 0 Å². The summed E-state index contributed by atoms with van der Waals surface area (Å²) in [5.74, 6) is -0.147. The standard InChI is InChI=1S/C13H11BClFO3/c15-12-6-5-11(7-13(12)16)19-8-9-1-3-10(4-2-9)14(17)18/h1-7,17-18H,8H2. The molecular formula is C13H11BClFO3. The Balaban J connectivity index is 2.00. The van der Waals surface area contributed by atoms with Gasteiger partial charge in [-0.2, -0.15) is 0 Å². The fourth-order valence-corrected chi connectivity index (χ4v) is 1.64. The quantitative estimate of drug-likeness (QED) is 0.839. The molecule has 0 spiro atoms. The number of hydrogen-bond donors (Lipinski definition) is 2. The largest absolute Gasteiger partial charge is 0.489 e. The third-order valence-corrected chi connectivity index (χ3v) is 2.88. The first kappa shape index (κ1) is 13.9. The fraction of sp³-hybridized carbons (Fsp3) is 0.0769. The van der Waals surface area contributed by atoms with Crippen LogP contribution in [0.2, 0.25) is 5.02 Å². The lowest BCUT2D eigenvalue weighted by Gasteiger charge is -2.07. The van der Waals surface area contributed by atoms with Crippen LogP contribution in [0.15, 0.2) is 42.5 Å². The Morgan fingerprint density at radius 1 is 1.11 bits per heavy atom. The van der Waals surface area contributed by atoms with Crippen LogP contribution in [0.25, 0.3) is 0 Å². The van der Waals surface area contributed by atoms with Crippen molar-refractivity contribution in [1.82, 2.24) is 0 Å². The van der Waals surface area contributed by atoms with E-state index < -0.39 is 12.9 Å². The van der Waals surface area contributed by atoms with Gasteiger partial charge in [0.05, 0.1) is 5.02 Å². The number of rotatable bonds is 4. The zero-order chi connectivity index (χ0) is 13.8. The second-order valence-corrected chi connectivity index (χ2v) is 4.39. The van der Waals surface area contributed by atoms with Gasteiger partial charge in [-0.25, -0.2) is 4.39 Å². The molecule has 0 radical (unpaired) electrons. The molecule has 3 nitrogen and oxygen atoms in total. The van der Waals surface area contributed by atoms with Crippen molar-refractivity contribution < 1.29 is 19.2 Å². The third-order valence-electron chi connectivity index (χ3n) is 2.57. The van der Waals surface area contributed by atoms with Crippen molar-refractivity contribution in [3.8, 4) is 5.75 Å². The molecular weight excluding hydrogens is 269 g/mol. The van der Waals surface area contributed by atoms with Gasteiger partial charge in [-0.05, 0) is 23.2 Å². The molecule has 0 atom stereocenters. The van der Waals surface area contributed by atoms with Gasteiger partial charge in [0, 0.05) is 6.07 Å². The van der Waals surface area contributed by atoms with Crippen molar-refractivity contribution in [3.63, 3.8) is 0 Å². The van der Waals surface area contributed by atoms with E-state index >= 15 is 0 Å². The van der Waals surface area contributed by atoms with Crippen LogP contribution in [0.1, 0.15) is 5.56 Å². The molecule has 0 aliphatic rings. The van der Waals surface area contributed by atoms with Crippen LogP contribution < -0.4 is 10.2 Å². The lowest BCUT2D eigenvalue weighted by molar-refractivity contribution is 0.304. The minimum absolute atomic E-state index is 0.0497. The maximum absolute atomic E-state index is 13.2. The van der Waals surface area contributed by atoms with Crippen LogP contribution >= 0.6 is 11.6 Å². The average Bonchev–Trinajstić information content (AvgIpc) is 2.40. The van der Waals surface area contributed by atoms with Crippen LogP contribution in [-0.2, 0) is 6.61 Å². The van der Waals surface area contributed by atoms with Gasteiger partial charge in [-0.3, -0.25) is 0 Å². The first-order valence-corrected chi connectivity index (χ1v) is 5.97. The van der Waals surface area contributed by atoms with E-state index in [4.69, 9.17) is 26.4 Å². The Morgan fingerprint density at radius 3 is 2.37 bits per heavy atom. The van der Waals surface area contributed by atoms with E-state index in [1.807, 2.05) is 0 Å². The van der Waals surface area contributed by atoms with Crippen molar-refractivity contribution in [2.75, 3.05) is 0 Å². The Hall–Kier alpha value is -1.56. The Labute approximate surface area is 115 Å². The number of ether oxygens (including phenoxy) is 1. The second kappa shape index (κ2) is 6.06. The van der Waals surface area contributed by atoms with Gasteiger partial charge in [0.2, 0.25) is 0 Å². The Bertz CT molecular complexity index is 560. The van der Waals surface area contributed by atoms with Gasteiger partial charge in [-0.1, -0.05) is 35.9 Å². The molecule has 19 heavy (non-hydrogen) atoms. The molecule has 6 heteroatoms. The highest BCUT2D eigenvalue weighted by molar-refractivity contribution is 6.58. The summed E-state index contributed by atoms with van der Waals surface area (Å²) in [7, 11) is -1.49. The van der Waals surface area contributed by atoms with Crippen molar-refractivity contribution >= 4 is 24.2 Å². The van der Waals surface area contributed by atoms with E-state index in [0.717, 1.165) is 5.56 Å². The van der Waals surface area contributed by atoms with Crippen LogP contribution in [0.4, 0.5) is 4.39 Å². The first-order valence-electron chi connectivity index (χ1n) is 5.59. The highest BCUT2D eigenvalue weighted by Crippen LogP contribution is 2.21. The van der Waals surface area contributed by atoms with E-state index in [9.17, 15) is 4.39 Å². The normalized spacial score (nSPS) is 10.3. The maximum Gasteiger partial charge on any atom is 0.488 e. The predicted octanol–water partition coefficient (Wildman–Crippen LogP) is 1.74. The molecule has 0 unspecified atom stereocenters. The van der Waals surface area contributed by atoms with Crippen LogP contribution in [0.5, 0.6) is 5.75 Å². The van der Waals surface area contributed by atoms with Crippen molar-refractivity contribution in [3.05, 3.63) is 58.9 Å². The third kappa shape index (κ3) is 3.70. The second-order valence-electron chi connectivity index (χ2n) is 3.98. The summed E-state index contributed by atoms with van der Waals surface area (Å²) in [5, 5.41) is 17.9. The van der Waals surface area contributed by atoms with Gasteiger partial charge in [0.1, 0.15) is 18.2 Å². The molecule has 0 saturated heterocycles. The van der Waals surface area contributed by atoms with Crippen LogP contribution in [-0.4, -0.2) is 17.2 Å². The van der Waals surface area contributed by atoms with Crippen molar-refractivity contribution in [1.29, 1.82) is 0 Å². The molecule has 0 fully saturated rings. The highest BCUT2D eigenvalue weighted by atomic mass is 35.5. The molecule has 0 saturated carbocycles. The average molecular weight is 280 g/mol. The molecule has 0 bridgehead atoms. The lowest BCUT2D eigenvalue weighted by Crippen LogP contribution is -2.29. The molecule has 2 N–H and O–H groups in total.